The summed E-state index contributed by atoms with van der Waals surface area (Å²) in [5, 5.41) is 10.5. The van der Waals surface area contributed by atoms with Crippen LogP contribution in [0, 0.1) is 0 Å². The van der Waals surface area contributed by atoms with E-state index in [0.29, 0.717) is 4.91 Å². The van der Waals surface area contributed by atoms with E-state index in [0.717, 1.165) is 22.2 Å². The van der Waals surface area contributed by atoms with E-state index in [1.165, 1.54) is 0 Å². The third-order valence-corrected chi connectivity index (χ3v) is 3.52. The van der Waals surface area contributed by atoms with Crippen molar-refractivity contribution < 1.29 is 14.7 Å². The van der Waals surface area contributed by atoms with Gasteiger partial charge in [-0.1, -0.05) is 30.0 Å². The van der Waals surface area contributed by atoms with Crippen LogP contribution in [0.2, 0.25) is 0 Å². The monoisotopic (exact) mass is 279 g/mol. The van der Waals surface area contributed by atoms with Gasteiger partial charge in [-0.3, -0.25) is 14.7 Å². The Kier molecular flexibility index (Phi) is 3.73. The lowest BCUT2D eigenvalue weighted by molar-refractivity contribution is -0.305. The van der Waals surface area contributed by atoms with Gasteiger partial charge in [0.1, 0.15) is 4.32 Å². The molecule has 0 atom stereocenters. The summed E-state index contributed by atoms with van der Waals surface area (Å²) in [5.41, 5.74) is 0.756. The number of hydrogen-bond donors (Lipinski definition) is 0. The van der Waals surface area contributed by atoms with Crippen LogP contribution in [0.4, 0.5) is 0 Å². The maximum atomic E-state index is 11.9. The minimum atomic E-state index is -1.34. The van der Waals surface area contributed by atoms with Crippen LogP contribution in [0.15, 0.2) is 29.4 Å². The Bertz CT molecular complexity index is 542. The minimum absolute atomic E-state index is 0.222. The largest absolute Gasteiger partial charge is 0.548 e. The maximum absolute atomic E-state index is 11.9. The molecule has 1 amide bonds. The van der Waals surface area contributed by atoms with Gasteiger partial charge >= 0.3 is 0 Å². The second-order valence-electron chi connectivity index (χ2n) is 3.43. The quantitative estimate of drug-likeness (QED) is 0.574. The fourth-order valence-electron chi connectivity index (χ4n) is 1.38. The highest BCUT2D eigenvalue weighted by Crippen LogP contribution is 2.31. The van der Waals surface area contributed by atoms with Gasteiger partial charge in [0.25, 0.3) is 5.91 Å². The lowest BCUT2D eigenvalue weighted by Crippen LogP contribution is -2.40. The number of carboxylic acids is 1. The van der Waals surface area contributed by atoms with E-state index in [9.17, 15) is 14.7 Å². The molecule has 18 heavy (non-hydrogen) atoms. The molecule has 2 rings (SSSR count). The number of thiocarbonyl (C=S) groups is 1. The Hall–Kier alpha value is -1.73. The highest BCUT2D eigenvalue weighted by atomic mass is 32.2. The first-order chi connectivity index (χ1) is 8.58. The molecule has 1 aromatic rings. The van der Waals surface area contributed by atoms with Crippen LogP contribution < -0.4 is 5.11 Å². The third-order valence-electron chi connectivity index (χ3n) is 2.14. The number of aliphatic carboxylic acids is 1. The van der Waals surface area contributed by atoms with E-state index in [4.69, 9.17) is 12.2 Å². The molecule has 0 unspecified atom stereocenters. The van der Waals surface area contributed by atoms with Crippen molar-refractivity contribution in [1.29, 1.82) is 0 Å². The Balaban J connectivity index is 2.23. The second-order valence-corrected chi connectivity index (χ2v) is 5.10. The number of hydrogen-bond acceptors (Lipinski definition) is 6. The smallest absolute Gasteiger partial charge is 0.266 e. The van der Waals surface area contributed by atoms with Crippen molar-refractivity contribution >= 4 is 46.3 Å². The van der Waals surface area contributed by atoms with Crippen LogP contribution in [-0.4, -0.2) is 32.6 Å². The number of amides is 1. The number of carboxylic acid groups (broad SMARTS) is 1. The molecule has 1 aliphatic rings. The summed E-state index contributed by atoms with van der Waals surface area (Å²) in [7, 11) is 0. The van der Waals surface area contributed by atoms with Crippen LogP contribution in [0.25, 0.3) is 6.08 Å². The summed E-state index contributed by atoms with van der Waals surface area (Å²) >= 11 is 6.02. The first-order valence-electron chi connectivity index (χ1n) is 4.93. The fourth-order valence-corrected chi connectivity index (χ4v) is 2.63. The predicted molar refractivity (Wildman–Crippen MR) is 69.1 cm³/mol. The Morgan fingerprint density at radius 2 is 2.39 bits per heavy atom. The SMILES string of the molecule is O=C([O-])CN1C(=O)C(=Cc2cccnc2)SC1=S. The predicted octanol–water partition coefficient (Wildman–Crippen LogP) is 0.0327. The number of pyridine rings is 1. The van der Waals surface area contributed by atoms with E-state index >= 15 is 0 Å². The molecule has 0 bridgehead atoms. The van der Waals surface area contributed by atoms with E-state index in [-0.39, 0.29) is 4.32 Å². The summed E-state index contributed by atoms with van der Waals surface area (Å²) in [5.74, 6) is -1.76. The molecular weight excluding hydrogens is 272 g/mol. The lowest BCUT2D eigenvalue weighted by Gasteiger charge is -2.14. The second kappa shape index (κ2) is 5.28. The van der Waals surface area contributed by atoms with E-state index in [2.05, 4.69) is 4.98 Å². The lowest BCUT2D eigenvalue weighted by atomic mass is 10.2. The number of thioether (sulfide) groups is 1. The van der Waals surface area contributed by atoms with Gasteiger partial charge in [0.2, 0.25) is 0 Å². The van der Waals surface area contributed by atoms with Crippen LogP contribution in [0.5, 0.6) is 0 Å². The van der Waals surface area contributed by atoms with Gasteiger partial charge in [-0.2, -0.15) is 0 Å². The number of aromatic nitrogens is 1. The van der Waals surface area contributed by atoms with Gasteiger partial charge in [-0.25, -0.2) is 0 Å². The van der Waals surface area contributed by atoms with Crippen LogP contribution in [0.3, 0.4) is 0 Å². The molecule has 0 aliphatic carbocycles. The van der Waals surface area contributed by atoms with Gasteiger partial charge in [-0.15, -0.1) is 0 Å². The molecule has 92 valence electrons. The zero-order valence-electron chi connectivity index (χ0n) is 9.03. The Morgan fingerprint density at radius 1 is 1.61 bits per heavy atom. The van der Waals surface area contributed by atoms with Crippen LogP contribution in [-0.2, 0) is 9.59 Å². The zero-order chi connectivity index (χ0) is 13.1. The standard InChI is InChI=1S/C11H8N2O3S2/c14-9(15)6-13-10(16)8(18-11(13)17)4-7-2-1-3-12-5-7/h1-5H,6H2,(H,14,15)/p-1. The molecule has 0 saturated carbocycles. The average Bonchev–Trinajstić information content (AvgIpc) is 2.58. The van der Waals surface area contributed by atoms with Crippen molar-refractivity contribution in [2.75, 3.05) is 6.54 Å². The van der Waals surface area contributed by atoms with Crippen molar-refractivity contribution in [3.05, 3.63) is 35.0 Å². The molecule has 5 nitrogen and oxygen atoms in total. The maximum Gasteiger partial charge on any atom is 0.266 e. The number of nitrogens with zero attached hydrogens (tertiary/aromatic N) is 2. The fraction of sp³-hybridized carbons (Fsp3) is 0.0909. The molecule has 1 aliphatic heterocycles. The van der Waals surface area contributed by atoms with Gasteiger partial charge in [-0.05, 0) is 17.7 Å². The van der Waals surface area contributed by atoms with Gasteiger partial charge < -0.3 is 9.90 Å². The summed E-state index contributed by atoms with van der Waals surface area (Å²) in [6.45, 7) is -0.519. The van der Waals surface area contributed by atoms with Crippen LogP contribution in [0.1, 0.15) is 5.56 Å². The molecular formula is C11H7N2O3S2-. The number of carbonyl (C=O) groups is 2. The van der Waals surface area contributed by atoms with Crippen molar-refractivity contribution in [3.8, 4) is 0 Å². The van der Waals surface area contributed by atoms with Gasteiger partial charge in [0.05, 0.1) is 17.4 Å². The molecule has 0 N–H and O–H groups in total. The van der Waals surface area contributed by atoms with Gasteiger partial charge in [0.15, 0.2) is 0 Å². The Morgan fingerprint density at radius 3 is 3.00 bits per heavy atom. The summed E-state index contributed by atoms with van der Waals surface area (Å²) in [6.07, 6.45) is 4.85. The molecule has 0 spiro atoms. The molecule has 0 radical (unpaired) electrons. The summed E-state index contributed by atoms with van der Waals surface area (Å²) < 4.78 is 0.222. The molecule has 1 saturated heterocycles. The van der Waals surface area contributed by atoms with Crippen LogP contribution >= 0.6 is 24.0 Å². The number of rotatable bonds is 3. The topological polar surface area (TPSA) is 73.3 Å². The van der Waals surface area contributed by atoms with Crippen molar-refractivity contribution in [3.63, 3.8) is 0 Å². The van der Waals surface area contributed by atoms with Crippen molar-refractivity contribution in [2.45, 2.75) is 0 Å². The third kappa shape index (κ3) is 2.74. The zero-order valence-corrected chi connectivity index (χ0v) is 10.7. The molecule has 2 heterocycles. The van der Waals surface area contributed by atoms with Gasteiger partial charge in [0, 0.05) is 12.4 Å². The first-order valence-corrected chi connectivity index (χ1v) is 6.15. The average molecular weight is 279 g/mol. The number of carbonyl (C=O) groups excluding carboxylic acids is 2. The van der Waals surface area contributed by atoms with Crippen molar-refractivity contribution in [1.82, 2.24) is 9.88 Å². The van der Waals surface area contributed by atoms with E-state index < -0.39 is 18.4 Å². The molecule has 1 aromatic heterocycles. The molecule has 7 heteroatoms. The molecule has 0 aromatic carbocycles. The Labute approximate surface area is 113 Å². The molecule has 1 fully saturated rings. The highest BCUT2D eigenvalue weighted by molar-refractivity contribution is 8.26. The summed E-state index contributed by atoms with van der Waals surface area (Å²) in [4.78, 5) is 27.7. The van der Waals surface area contributed by atoms with E-state index in [1.807, 2.05) is 0 Å². The first kappa shape index (κ1) is 12.7. The summed E-state index contributed by atoms with van der Waals surface area (Å²) in [6, 6.07) is 3.53. The highest BCUT2D eigenvalue weighted by Gasteiger charge is 2.31. The van der Waals surface area contributed by atoms with Crippen molar-refractivity contribution in [2.24, 2.45) is 0 Å². The normalized spacial score (nSPS) is 17.6. The minimum Gasteiger partial charge on any atom is -0.548 e. The van der Waals surface area contributed by atoms with E-state index in [1.54, 1.807) is 30.6 Å².